The molecule has 1 atom stereocenters. The zero-order chi connectivity index (χ0) is 14.1. The molecule has 0 bridgehead atoms. The van der Waals surface area contributed by atoms with Crippen molar-refractivity contribution in [3.05, 3.63) is 59.4 Å². The van der Waals surface area contributed by atoms with Gasteiger partial charge >= 0.3 is 0 Å². The van der Waals surface area contributed by atoms with E-state index in [-0.39, 0.29) is 11.6 Å². The molecular formula is C15H12F3NO. The van der Waals surface area contributed by atoms with Gasteiger partial charge in [0, 0.05) is 18.0 Å². The molecule has 1 heterocycles. The Morgan fingerprint density at radius 2 is 1.85 bits per heavy atom. The topological polar surface area (TPSA) is 21.3 Å². The molecule has 5 heteroatoms. The van der Waals surface area contributed by atoms with Crippen molar-refractivity contribution in [1.29, 1.82) is 0 Å². The lowest BCUT2D eigenvalue weighted by Gasteiger charge is -2.12. The number of hydrogen-bond acceptors (Lipinski definition) is 2. The molecule has 2 aromatic carbocycles. The highest BCUT2D eigenvalue weighted by molar-refractivity contribution is 5.47. The number of hydrogen-bond donors (Lipinski definition) is 1. The zero-order valence-corrected chi connectivity index (χ0v) is 10.5. The minimum Gasteiger partial charge on any atom is -0.493 e. The molecule has 0 radical (unpaired) electrons. The van der Waals surface area contributed by atoms with Crippen LogP contribution in [0.15, 0.2) is 36.4 Å². The van der Waals surface area contributed by atoms with E-state index in [0.29, 0.717) is 13.2 Å². The molecule has 1 aliphatic heterocycles. The Morgan fingerprint density at radius 1 is 1.05 bits per heavy atom. The number of para-hydroxylation sites is 1. The number of benzene rings is 2. The SMILES string of the molecule is Fc1ccc(NCC2COc3ccccc32)c(F)c1F. The van der Waals surface area contributed by atoms with Gasteiger partial charge in [0.05, 0.1) is 12.3 Å². The molecule has 1 aliphatic rings. The van der Waals surface area contributed by atoms with Crippen LogP contribution in [0.1, 0.15) is 11.5 Å². The smallest absolute Gasteiger partial charge is 0.196 e. The number of anilines is 1. The summed E-state index contributed by atoms with van der Waals surface area (Å²) in [5.41, 5.74) is 0.983. The molecule has 3 rings (SSSR count). The Kier molecular flexibility index (Phi) is 3.26. The summed E-state index contributed by atoms with van der Waals surface area (Å²) in [4.78, 5) is 0. The van der Waals surface area contributed by atoms with Crippen LogP contribution in [0, 0.1) is 17.5 Å². The van der Waals surface area contributed by atoms with Crippen molar-refractivity contribution in [3.63, 3.8) is 0 Å². The molecule has 0 saturated heterocycles. The summed E-state index contributed by atoms with van der Waals surface area (Å²) in [6, 6.07) is 9.68. The number of halogens is 3. The lowest BCUT2D eigenvalue weighted by Crippen LogP contribution is -2.15. The molecule has 0 spiro atoms. The van der Waals surface area contributed by atoms with E-state index in [0.717, 1.165) is 17.4 Å². The minimum absolute atomic E-state index is 0.0479. The highest BCUT2D eigenvalue weighted by atomic mass is 19.2. The molecule has 1 unspecified atom stereocenters. The molecule has 0 saturated carbocycles. The van der Waals surface area contributed by atoms with Gasteiger partial charge in [-0.2, -0.15) is 0 Å². The second kappa shape index (κ2) is 5.07. The molecular weight excluding hydrogens is 267 g/mol. The van der Waals surface area contributed by atoms with Crippen LogP contribution < -0.4 is 10.1 Å². The van der Waals surface area contributed by atoms with Gasteiger partial charge in [-0.05, 0) is 18.2 Å². The van der Waals surface area contributed by atoms with Crippen LogP contribution in [-0.2, 0) is 0 Å². The third-order valence-corrected chi connectivity index (χ3v) is 3.37. The van der Waals surface area contributed by atoms with Crippen molar-refractivity contribution in [2.24, 2.45) is 0 Å². The largest absolute Gasteiger partial charge is 0.493 e. The molecule has 20 heavy (non-hydrogen) atoms. The van der Waals surface area contributed by atoms with Gasteiger partial charge in [-0.25, -0.2) is 13.2 Å². The Labute approximate surface area is 114 Å². The molecule has 1 N–H and O–H groups in total. The van der Waals surface area contributed by atoms with Crippen LogP contribution in [0.5, 0.6) is 5.75 Å². The van der Waals surface area contributed by atoms with E-state index < -0.39 is 17.5 Å². The van der Waals surface area contributed by atoms with E-state index >= 15 is 0 Å². The summed E-state index contributed by atoms with van der Waals surface area (Å²) in [5.74, 6) is -2.98. The second-order valence-electron chi connectivity index (χ2n) is 4.65. The minimum atomic E-state index is -1.46. The van der Waals surface area contributed by atoms with Gasteiger partial charge in [0.1, 0.15) is 5.75 Å². The molecule has 0 aromatic heterocycles. The van der Waals surface area contributed by atoms with Gasteiger partial charge < -0.3 is 10.1 Å². The molecule has 0 aliphatic carbocycles. The first-order valence-electron chi connectivity index (χ1n) is 6.26. The van der Waals surface area contributed by atoms with Crippen molar-refractivity contribution >= 4 is 5.69 Å². The third kappa shape index (κ3) is 2.19. The van der Waals surface area contributed by atoms with Gasteiger partial charge in [0.2, 0.25) is 0 Å². The van der Waals surface area contributed by atoms with Crippen LogP contribution in [0.25, 0.3) is 0 Å². The quantitative estimate of drug-likeness (QED) is 0.865. The molecule has 0 amide bonds. The number of nitrogens with one attached hydrogen (secondary N) is 1. The maximum absolute atomic E-state index is 13.5. The summed E-state index contributed by atoms with van der Waals surface area (Å²) in [5, 5.41) is 2.80. The normalized spacial score (nSPS) is 16.6. The van der Waals surface area contributed by atoms with Crippen molar-refractivity contribution in [2.45, 2.75) is 5.92 Å². The Morgan fingerprint density at radius 3 is 2.70 bits per heavy atom. The fraction of sp³-hybridized carbons (Fsp3) is 0.200. The van der Waals surface area contributed by atoms with E-state index in [4.69, 9.17) is 4.74 Å². The number of ether oxygens (including phenoxy) is 1. The molecule has 2 nitrogen and oxygen atoms in total. The van der Waals surface area contributed by atoms with Crippen LogP contribution in [0.2, 0.25) is 0 Å². The lowest BCUT2D eigenvalue weighted by molar-refractivity contribution is 0.334. The van der Waals surface area contributed by atoms with Crippen LogP contribution >= 0.6 is 0 Å². The maximum Gasteiger partial charge on any atom is 0.196 e. The fourth-order valence-electron chi connectivity index (χ4n) is 2.29. The molecule has 2 aromatic rings. The maximum atomic E-state index is 13.5. The van der Waals surface area contributed by atoms with Crippen LogP contribution in [0.3, 0.4) is 0 Å². The standard InChI is InChI=1S/C15H12F3NO/c16-11-5-6-12(15(18)14(11)17)19-7-9-8-20-13-4-2-1-3-10(9)13/h1-6,9,19H,7-8H2. The summed E-state index contributed by atoms with van der Waals surface area (Å²) in [7, 11) is 0. The summed E-state index contributed by atoms with van der Waals surface area (Å²) in [6.07, 6.45) is 0. The first-order chi connectivity index (χ1) is 9.66. The van der Waals surface area contributed by atoms with Crippen molar-refractivity contribution < 1.29 is 17.9 Å². The van der Waals surface area contributed by atoms with E-state index in [1.54, 1.807) is 0 Å². The van der Waals surface area contributed by atoms with Gasteiger partial charge in [0.15, 0.2) is 17.5 Å². The summed E-state index contributed by atoms with van der Waals surface area (Å²) >= 11 is 0. The number of fused-ring (bicyclic) bond motifs is 1. The third-order valence-electron chi connectivity index (χ3n) is 3.37. The Hall–Kier alpha value is -2.17. The monoisotopic (exact) mass is 279 g/mol. The molecule has 104 valence electrons. The lowest BCUT2D eigenvalue weighted by atomic mass is 10.0. The zero-order valence-electron chi connectivity index (χ0n) is 10.5. The summed E-state index contributed by atoms with van der Waals surface area (Å²) < 4.78 is 45.0. The van der Waals surface area contributed by atoms with Crippen LogP contribution in [0.4, 0.5) is 18.9 Å². The average Bonchev–Trinajstić information content (AvgIpc) is 2.87. The predicted octanol–water partition coefficient (Wildman–Crippen LogP) is 3.69. The van der Waals surface area contributed by atoms with Crippen LogP contribution in [-0.4, -0.2) is 13.2 Å². The van der Waals surface area contributed by atoms with E-state index in [9.17, 15) is 13.2 Å². The van der Waals surface area contributed by atoms with E-state index in [2.05, 4.69) is 5.32 Å². The van der Waals surface area contributed by atoms with E-state index in [1.807, 2.05) is 24.3 Å². The van der Waals surface area contributed by atoms with Crippen molar-refractivity contribution in [3.8, 4) is 5.75 Å². The Balaban J connectivity index is 1.74. The fourth-order valence-corrected chi connectivity index (χ4v) is 2.29. The van der Waals surface area contributed by atoms with Gasteiger partial charge in [0.25, 0.3) is 0 Å². The number of rotatable bonds is 3. The van der Waals surface area contributed by atoms with Crippen molar-refractivity contribution in [2.75, 3.05) is 18.5 Å². The highest BCUT2D eigenvalue weighted by Crippen LogP contribution is 2.33. The first-order valence-corrected chi connectivity index (χ1v) is 6.26. The van der Waals surface area contributed by atoms with Gasteiger partial charge in [-0.15, -0.1) is 0 Å². The highest BCUT2D eigenvalue weighted by Gasteiger charge is 2.24. The summed E-state index contributed by atoms with van der Waals surface area (Å²) in [6.45, 7) is 0.872. The van der Waals surface area contributed by atoms with Crippen molar-refractivity contribution in [1.82, 2.24) is 0 Å². The van der Waals surface area contributed by atoms with Gasteiger partial charge in [-0.1, -0.05) is 18.2 Å². The predicted molar refractivity (Wildman–Crippen MR) is 69.5 cm³/mol. The first kappa shape index (κ1) is 12.8. The Bertz CT molecular complexity index is 645. The average molecular weight is 279 g/mol. The molecule has 0 fully saturated rings. The van der Waals surface area contributed by atoms with E-state index in [1.165, 1.54) is 6.07 Å². The van der Waals surface area contributed by atoms with Gasteiger partial charge in [-0.3, -0.25) is 0 Å². The second-order valence-corrected chi connectivity index (χ2v) is 4.65.